The molecule has 4 aliphatic heterocycles. The van der Waals surface area contributed by atoms with Gasteiger partial charge in [-0.05, 0) is 12.3 Å². The minimum absolute atomic E-state index is 0.173. The quantitative estimate of drug-likeness (QED) is 0.644. The number of esters is 1. The Bertz CT molecular complexity index is 325. The van der Waals surface area contributed by atoms with Crippen molar-refractivity contribution in [1.82, 2.24) is 0 Å². The van der Waals surface area contributed by atoms with Crippen LogP contribution >= 0.6 is 0 Å². The summed E-state index contributed by atoms with van der Waals surface area (Å²) in [7, 11) is 0. The van der Waals surface area contributed by atoms with Crippen LogP contribution in [0.1, 0.15) is 26.7 Å². The molecule has 4 atom stereocenters. The summed E-state index contributed by atoms with van der Waals surface area (Å²) in [6.45, 7) is 5.02. The van der Waals surface area contributed by atoms with Gasteiger partial charge in [0.25, 0.3) is 0 Å². The molecular formula is C12H18O5. The van der Waals surface area contributed by atoms with E-state index in [1.54, 1.807) is 0 Å². The Kier molecular flexibility index (Phi) is 2.65. The molecule has 0 aromatic rings. The van der Waals surface area contributed by atoms with Gasteiger partial charge in [-0.1, -0.05) is 6.92 Å². The van der Waals surface area contributed by atoms with Gasteiger partial charge in [-0.2, -0.15) is 0 Å². The summed E-state index contributed by atoms with van der Waals surface area (Å²) >= 11 is 0. The maximum atomic E-state index is 12.0. The standard InChI is InChI=1S/C12H18O5/c1-7-3-4-12(2)16-9(8(7)10(13)17-12)11-14-5-6-15-11/h7-9,11H,3-6H2,1-2H3. The van der Waals surface area contributed by atoms with Crippen molar-refractivity contribution in [2.24, 2.45) is 11.8 Å². The number of carbonyl (C=O) groups excluding carboxylic acids is 1. The fourth-order valence-corrected chi connectivity index (χ4v) is 2.93. The third-order valence-electron chi connectivity index (χ3n) is 3.91. The predicted molar refractivity (Wildman–Crippen MR) is 57.0 cm³/mol. The van der Waals surface area contributed by atoms with E-state index in [2.05, 4.69) is 6.92 Å². The molecule has 0 aromatic heterocycles. The van der Waals surface area contributed by atoms with E-state index in [4.69, 9.17) is 18.9 Å². The molecule has 2 bridgehead atoms. The van der Waals surface area contributed by atoms with E-state index in [1.807, 2.05) is 6.92 Å². The summed E-state index contributed by atoms with van der Waals surface area (Å²) in [4.78, 5) is 12.0. The van der Waals surface area contributed by atoms with Crippen molar-refractivity contribution in [3.63, 3.8) is 0 Å². The van der Waals surface area contributed by atoms with E-state index in [-0.39, 0.29) is 23.9 Å². The van der Waals surface area contributed by atoms with Crippen LogP contribution in [0.15, 0.2) is 0 Å². The van der Waals surface area contributed by atoms with Crippen LogP contribution in [0.25, 0.3) is 0 Å². The summed E-state index contributed by atoms with van der Waals surface area (Å²) in [6.07, 6.45) is 0.907. The zero-order valence-corrected chi connectivity index (χ0v) is 10.2. The summed E-state index contributed by atoms with van der Waals surface area (Å²) < 4.78 is 22.3. The van der Waals surface area contributed by atoms with Crippen molar-refractivity contribution in [3.05, 3.63) is 0 Å². The molecule has 5 heteroatoms. The maximum Gasteiger partial charge on any atom is 0.314 e. The van der Waals surface area contributed by atoms with E-state index >= 15 is 0 Å². The summed E-state index contributed by atoms with van der Waals surface area (Å²) in [5.74, 6) is -1.01. The van der Waals surface area contributed by atoms with Crippen LogP contribution in [0.3, 0.4) is 0 Å². The number of rotatable bonds is 1. The van der Waals surface area contributed by atoms with Crippen molar-refractivity contribution in [1.29, 1.82) is 0 Å². The zero-order chi connectivity index (χ0) is 12.0. The normalized spacial score (nSPS) is 46.9. The molecule has 17 heavy (non-hydrogen) atoms. The van der Waals surface area contributed by atoms with E-state index in [9.17, 15) is 4.79 Å². The molecular weight excluding hydrogens is 224 g/mol. The van der Waals surface area contributed by atoms with Crippen molar-refractivity contribution < 1.29 is 23.7 Å². The first-order valence-corrected chi connectivity index (χ1v) is 6.23. The molecule has 0 amide bonds. The second-order valence-corrected chi connectivity index (χ2v) is 5.29. The van der Waals surface area contributed by atoms with Crippen LogP contribution in [0, 0.1) is 11.8 Å². The first-order valence-electron chi connectivity index (χ1n) is 6.23. The lowest BCUT2D eigenvalue weighted by molar-refractivity contribution is -0.306. The molecule has 4 heterocycles. The zero-order valence-electron chi connectivity index (χ0n) is 10.2. The average Bonchev–Trinajstić information content (AvgIpc) is 2.72. The number of hydrogen-bond acceptors (Lipinski definition) is 5. The van der Waals surface area contributed by atoms with Crippen LogP contribution in [0.5, 0.6) is 0 Å². The Morgan fingerprint density at radius 2 is 2.00 bits per heavy atom. The van der Waals surface area contributed by atoms with Crippen molar-refractivity contribution >= 4 is 5.97 Å². The van der Waals surface area contributed by atoms with Gasteiger partial charge in [-0.25, -0.2) is 0 Å². The van der Waals surface area contributed by atoms with Gasteiger partial charge in [-0.15, -0.1) is 0 Å². The van der Waals surface area contributed by atoms with Crippen LogP contribution < -0.4 is 0 Å². The second kappa shape index (κ2) is 3.93. The third kappa shape index (κ3) is 1.86. The lowest BCUT2D eigenvalue weighted by atomic mass is 9.86. The van der Waals surface area contributed by atoms with E-state index in [0.717, 1.165) is 12.8 Å². The van der Waals surface area contributed by atoms with Gasteiger partial charge in [0.2, 0.25) is 5.79 Å². The second-order valence-electron chi connectivity index (χ2n) is 5.29. The smallest absolute Gasteiger partial charge is 0.314 e. The number of ether oxygens (including phenoxy) is 4. The van der Waals surface area contributed by atoms with Crippen molar-refractivity contribution in [3.8, 4) is 0 Å². The molecule has 4 saturated heterocycles. The van der Waals surface area contributed by atoms with Crippen LogP contribution in [-0.2, 0) is 23.7 Å². The molecule has 4 fully saturated rings. The minimum atomic E-state index is -0.807. The Hall–Kier alpha value is -0.650. The Balaban J connectivity index is 1.90. The van der Waals surface area contributed by atoms with E-state index in [1.165, 1.54) is 0 Å². The topological polar surface area (TPSA) is 54.0 Å². The van der Waals surface area contributed by atoms with Gasteiger partial charge in [0.05, 0.1) is 19.1 Å². The van der Waals surface area contributed by atoms with Gasteiger partial charge >= 0.3 is 5.97 Å². The van der Waals surface area contributed by atoms with E-state index in [0.29, 0.717) is 13.2 Å². The fraction of sp³-hybridized carbons (Fsp3) is 0.917. The van der Waals surface area contributed by atoms with Gasteiger partial charge in [0.15, 0.2) is 6.29 Å². The Morgan fingerprint density at radius 3 is 2.71 bits per heavy atom. The van der Waals surface area contributed by atoms with Gasteiger partial charge in [-0.3, -0.25) is 4.79 Å². The van der Waals surface area contributed by atoms with Gasteiger partial charge < -0.3 is 18.9 Å². The molecule has 4 unspecified atom stereocenters. The maximum absolute atomic E-state index is 12.0. The first-order chi connectivity index (χ1) is 8.09. The molecule has 0 N–H and O–H groups in total. The molecule has 0 spiro atoms. The highest BCUT2D eigenvalue weighted by Crippen LogP contribution is 2.43. The predicted octanol–water partition coefficient (Wildman–Crippen LogP) is 1.06. The van der Waals surface area contributed by atoms with Crippen LogP contribution in [0.2, 0.25) is 0 Å². The summed E-state index contributed by atoms with van der Waals surface area (Å²) in [5.41, 5.74) is 0. The monoisotopic (exact) mass is 242 g/mol. The molecule has 4 aliphatic rings. The Labute approximate surface area is 100 Å². The lowest BCUT2D eigenvalue weighted by Gasteiger charge is -2.40. The molecule has 4 rings (SSSR count). The Morgan fingerprint density at radius 1 is 1.29 bits per heavy atom. The largest absolute Gasteiger partial charge is 0.433 e. The number of carbonyl (C=O) groups is 1. The first kappa shape index (κ1) is 11.4. The van der Waals surface area contributed by atoms with Crippen molar-refractivity contribution in [2.75, 3.05) is 13.2 Å². The van der Waals surface area contributed by atoms with E-state index < -0.39 is 12.1 Å². The average molecular weight is 242 g/mol. The molecule has 5 nitrogen and oxygen atoms in total. The molecule has 0 aromatic carbocycles. The van der Waals surface area contributed by atoms with Gasteiger partial charge in [0, 0.05) is 13.3 Å². The van der Waals surface area contributed by atoms with Crippen LogP contribution in [0.4, 0.5) is 0 Å². The summed E-state index contributed by atoms with van der Waals surface area (Å²) in [6, 6.07) is 0. The molecule has 0 radical (unpaired) electrons. The number of hydrogen-bond donors (Lipinski definition) is 0. The molecule has 0 aliphatic carbocycles. The highest BCUT2D eigenvalue weighted by molar-refractivity contribution is 5.75. The lowest BCUT2D eigenvalue weighted by Crippen LogP contribution is -2.53. The number of fused-ring (bicyclic) bond motifs is 4. The van der Waals surface area contributed by atoms with Crippen LogP contribution in [-0.4, -0.2) is 37.4 Å². The molecule has 0 saturated carbocycles. The SMILES string of the molecule is CC1CCC2(C)OC(=O)C1C(C1OCCO1)O2. The molecule has 96 valence electrons. The minimum Gasteiger partial charge on any atom is -0.433 e. The highest BCUT2D eigenvalue weighted by atomic mass is 16.8. The van der Waals surface area contributed by atoms with Crippen molar-refractivity contribution in [2.45, 2.75) is 44.9 Å². The fourth-order valence-electron chi connectivity index (χ4n) is 2.93. The van der Waals surface area contributed by atoms with Gasteiger partial charge in [0.1, 0.15) is 6.10 Å². The highest BCUT2D eigenvalue weighted by Gasteiger charge is 2.54. The summed E-state index contributed by atoms with van der Waals surface area (Å²) in [5, 5.41) is 0. The third-order valence-corrected chi connectivity index (χ3v) is 3.91.